The molecule has 0 amide bonds. The second-order valence-corrected chi connectivity index (χ2v) is 2.71. The van der Waals surface area contributed by atoms with Gasteiger partial charge in [0.25, 0.3) is 0 Å². The summed E-state index contributed by atoms with van der Waals surface area (Å²) < 4.78 is 0. The normalized spacial score (nSPS) is 14.9. The Bertz CT molecular complexity index is 159. The van der Waals surface area contributed by atoms with Crippen LogP contribution in [0.5, 0.6) is 0 Å². The van der Waals surface area contributed by atoms with Crippen LogP contribution < -0.4 is 0 Å². The maximum atomic E-state index is 6.84. The lowest BCUT2D eigenvalue weighted by Gasteiger charge is -1.92. The molecule has 0 aromatic rings. The zero-order valence-corrected chi connectivity index (χ0v) is 7.28. The van der Waals surface area contributed by atoms with Crippen LogP contribution in [0.3, 0.4) is 0 Å². The van der Waals surface area contributed by atoms with Crippen molar-refractivity contribution in [3.8, 4) is 0 Å². The average molecular weight is 153 g/mol. The van der Waals surface area contributed by atoms with E-state index in [4.69, 9.17) is 5.41 Å². The van der Waals surface area contributed by atoms with Crippen molar-refractivity contribution in [1.82, 2.24) is 0 Å². The van der Waals surface area contributed by atoms with E-state index in [2.05, 4.69) is 23.8 Å². The first-order valence-electron chi connectivity index (χ1n) is 3.72. The zero-order valence-electron chi connectivity index (χ0n) is 7.28. The molecule has 1 N–H and O–H groups in total. The standard InChI is InChI=1S/C8H15N3/c1-7(2)5-10-6-11-8(3)4-9/h4-9H,1-3H3. The molecule has 0 saturated carbocycles. The summed E-state index contributed by atoms with van der Waals surface area (Å²) in [5.41, 5.74) is 0. The average Bonchev–Trinajstić information content (AvgIpc) is 1.97. The largest absolute Gasteiger partial charge is 0.311 e. The number of nitrogens with one attached hydrogen (secondary N) is 1. The minimum absolute atomic E-state index is 0.0562. The Morgan fingerprint density at radius 3 is 2.36 bits per heavy atom. The second kappa shape index (κ2) is 5.77. The molecule has 0 aliphatic rings. The van der Waals surface area contributed by atoms with Crippen LogP contribution in [0.4, 0.5) is 0 Å². The quantitative estimate of drug-likeness (QED) is 0.473. The van der Waals surface area contributed by atoms with Gasteiger partial charge in [0.05, 0.1) is 6.04 Å². The van der Waals surface area contributed by atoms with Crippen LogP contribution in [0.1, 0.15) is 20.8 Å². The summed E-state index contributed by atoms with van der Waals surface area (Å²) in [5, 5.41) is 6.84. The molecule has 1 unspecified atom stereocenters. The number of rotatable bonds is 4. The third-order valence-corrected chi connectivity index (χ3v) is 0.994. The second-order valence-electron chi connectivity index (χ2n) is 2.71. The van der Waals surface area contributed by atoms with Crippen molar-refractivity contribution in [2.45, 2.75) is 26.8 Å². The molecule has 0 aliphatic carbocycles. The lowest BCUT2D eigenvalue weighted by Crippen LogP contribution is -1.97. The predicted octanol–water partition coefficient (Wildman–Crippen LogP) is 1.78. The molecule has 3 nitrogen and oxygen atoms in total. The molecule has 62 valence electrons. The van der Waals surface area contributed by atoms with Gasteiger partial charge >= 0.3 is 0 Å². The van der Waals surface area contributed by atoms with Gasteiger partial charge in [-0.15, -0.1) is 0 Å². The van der Waals surface area contributed by atoms with Crippen molar-refractivity contribution in [2.24, 2.45) is 15.9 Å². The molecule has 0 aliphatic heterocycles. The lowest BCUT2D eigenvalue weighted by molar-refractivity contribution is 0.908. The van der Waals surface area contributed by atoms with Crippen molar-refractivity contribution in [3.63, 3.8) is 0 Å². The van der Waals surface area contributed by atoms with Crippen LogP contribution in [-0.4, -0.2) is 24.8 Å². The fourth-order valence-corrected chi connectivity index (χ4v) is 0.397. The summed E-state index contributed by atoms with van der Waals surface area (Å²) >= 11 is 0. The maximum Gasteiger partial charge on any atom is 0.110 e. The summed E-state index contributed by atoms with van der Waals surface area (Å²) in [6.07, 6.45) is 4.59. The molecule has 0 spiro atoms. The zero-order chi connectivity index (χ0) is 8.69. The molecular formula is C8H15N3. The molecule has 11 heavy (non-hydrogen) atoms. The Morgan fingerprint density at radius 2 is 1.91 bits per heavy atom. The summed E-state index contributed by atoms with van der Waals surface area (Å²) in [7, 11) is 0. The van der Waals surface area contributed by atoms with Gasteiger partial charge in [-0.1, -0.05) is 13.8 Å². The van der Waals surface area contributed by atoms with Crippen LogP contribution in [0, 0.1) is 11.3 Å². The first kappa shape index (κ1) is 10.0. The minimum Gasteiger partial charge on any atom is -0.311 e. The fourth-order valence-electron chi connectivity index (χ4n) is 0.397. The van der Waals surface area contributed by atoms with Gasteiger partial charge in [0.1, 0.15) is 6.34 Å². The monoisotopic (exact) mass is 153 g/mol. The number of nitrogens with zero attached hydrogens (tertiary/aromatic N) is 2. The maximum absolute atomic E-state index is 6.84. The van der Waals surface area contributed by atoms with E-state index in [1.807, 2.05) is 13.1 Å². The van der Waals surface area contributed by atoms with Crippen molar-refractivity contribution in [3.05, 3.63) is 0 Å². The van der Waals surface area contributed by atoms with Gasteiger partial charge in [-0.2, -0.15) is 0 Å². The highest BCUT2D eigenvalue weighted by Crippen LogP contribution is 1.85. The van der Waals surface area contributed by atoms with E-state index in [1.165, 1.54) is 12.6 Å². The van der Waals surface area contributed by atoms with E-state index in [0.717, 1.165) is 0 Å². The predicted molar refractivity (Wildman–Crippen MR) is 50.1 cm³/mol. The molecule has 1 atom stereocenters. The highest BCUT2D eigenvalue weighted by atomic mass is 14.9. The summed E-state index contributed by atoms with van der Waals surface area (Å²) in [5.74, 6) is 0.455. The van der Waals surface area contributed by atoms with Gasteiger partial charge in [-0.25, -0.2) is 4.99 Å². The minimum atomic E-state index is -0.0562. The van der Waals surface area contributed by atoms with Crippen LogP contribution in [0.25, 0.3) is 0 Å². The molecule has 0 aromatic heterocycles. The van der Waals surface area contributed by atoms with Gasteiger partial charge in [0.15, 0.2) is 0 Å². The molecule has 0 radical (unpaired) electrons. The molecular weight excluding hydrogens is 138 g/mol. The highest BCUT2D eigenvalue weighted by molar-refractivity contribution is 5.74. The van der Waals surface area contributed by atoms with Crippen LogP contribution in [0.2, 0.25) is 0 Å². The van der Waals surface area contributed by atoms with Gasteiger partial charge < -0.3 is 5.41 Å². The Kier molecular flexibility index (Phi) is 5.25. The summed E-state index contributed by atoms with van der Waals surface area (Å²) in [6, 6.07) is -0.0562. The number of hydrogen-bond acceptors (Lipinski definition) is 2. The van der Waals surface area contributed by atoms with E-state index >= 15 is 0 Å². The van der Waals surface area contributed by atoms with Crippen molar-refractivity contribution >= 4 is 18.8 Å². The van der Waals surface area contributed by atoms with E-state index in [0.29, 0.717) is 5.92 Å². The fraction of sp³-hybridized carbons (Fsp3) is 0.625. The summed E-state index contributed by atoms with van der Waals surface area (Å²) in [6.45, 7) is 5.95. The van der Waals surface area contributed by atoms with Crippen molar-refractivity contribution < 1.29 is 0 Å². The van der Waals surface area contributed by atoms with E-state index in [1.54, 1.807) is 0 Å². The number of hydrogen-bond donors (Lipinski definition) is 1. The smallest absolute Gasteiger partial charge is 0.110 e. The van der Waals surface area contributed by atoms with E-state index < -0.39 is 0 Å². The van der Waals surface area contributed by atoms with E-state index in [-0.39, 0.29) is 6.04 Å². The first-order valence-corrected chi connectivity index (χ1v) is 3.72. The van der Waals surface area contributed by atoms with Crippen LogP contribution in [0.15, 0.2) is 9.98 Å². The SMILES string of the molecule is CC(C)C=NC=NC(C)C=N. The Morgan fingerprint density at radius 1 is 1.27 bits per heavy atom. The molecule has 0 saturated heterocycles. The Hall–Kier alpha value is -0.990. The van der Waals surface area contributed by atoms with E-state index in [9.17, 15) is 0 Å². The first-order chi connectivity index (χ1) is 5.16. The van der Waals surface area contributed by atoms with Gasteiger partial charge in [-0.05, 0) is 12.8 Å². The van der Waals surface area contributed by atoms with Crippen molar-refractivity contribution in [2.75, 3.05) is 0 Å². The topological polar surface area (TPSA) is 48.6 Å². The number of aliphatic imine (C=N–C) groups is 2. The molecule has 0 rings (SSSR count). The molecule has 0 bridgehead atoms. The van der Waals surface area contributed by atoms with Gasteiger partial charge in [0.2, 0.25) is 0 Å². The highest BCUT2D eigenvalue weighted by Gasteiger charge is 1.86. The molecule has 0 heterocycles. The van der Waals surface area contributed by atoms with Crippen LogP contribution >= 0.6 is 0 Å². The molecule has 3 heteroatoms. The third kappa shape index (κ3) is 6.90. The Labute approximate surface area is 67.8 Å². The molecule has 0 fully saturated rings. The Balaban J connectivity index is 3.67. The lowest BCUT2D eigenvalue weighted by atomic mass is 10.3. The van der Waals surface area contributed by atoms with Gasteiger partial charge in [-0.3, -0.25) is 4.99 Å². The third-order valence-electron chi connectivity index (χ3n) is 0.994. The molecule has 0 aromatic carbocycles. The summed E-state index contributed by atoms with van der Waals surface area (Å²) in [4.78, 5) is 7.89. The van der Waals surface area contributed by atoms with Crippen LogP contribution in [-0.2, 0) is 0 Å². The van der Waals surface area contributed by atoms with Crippen molar-refractivity contribution in [1.29, 1.82) is 5.41 Å². The van der Waals surface area contributed by atoms with Gasteiger partial charge in [0, 0.05) is 12.4 Å².